The standard InChI is InChI=1S/C14H11N/c1-2-12-7-9-14(10-8-12)15-11-13-5-3-4-6-13/h1,3-5,7-11H,6H2. The summed E-state index contributed by atoms with van der Waals surface area (Å²) in [5, 5.41) is 0. The Balaban J connectivity index is 2.08. The van der Waals surface area contributed by atoms with Crippen molar-refractivity contribution >= 4 is 11.9 Å². The number of hydrogen-bond acceptors (Lipinski definition) is 1. The lowest BCUT2D eigenvalue weighted by atomic mass is 10.2. The van der Waals surface area contributed by atoms with Gasteiger partial charge in [-0.25, -0.2) is 0 Å². The third-order valence-electron chi connectivity index (χ3n) is 2.21. The van der Waals surface area contributed by atoms with Crippen LogP contribution in [0.3, 0.4) is 0 Å². The van der Waals surface area contributed by atoms with Crippen LogP contribution in [0.1, 0.15) is 12.0 Å². The molecule has 0 radical (unpaired) electrons. The van der Waals surface area contributed by atoms with Gasteiger partial charge in [-0.05, 0) is 36.3 Å². The molecule has 1 aliphatic carbocycles. The van der Waals surface area contributed by atoms with E-state index in [2.05, 4.69) is 23.1 Å². The lowest BCUT2D eigenvalue weighted by Crippen LogP contribution is -1.78. The Bertz CT molecular complexity index is 467. The molecule has 0 saturated heterocycles. The molecule has 0 unspecified atom stereocenters. The van der Waals surface area contributed by atoms with Crippen LogP contribution in [0, 0.1) is 12.3 Å². The maximum Gasteiger partial charge on any atom is 0.0630 e. The highest BCUT2D eigenvalue weighted by Gasteiger charge is 1.94. The van der Waals surface area contributed by atoms with Crippen molar-refractivity contribution in [3.05, 3.63) is 53.6 Å². The Morgan fingerprint density at radius 2 is 2.07 bits per heavy atom. The topological polar surface area (TPSA) is 12.4 Å². The van der Waals surface area contributed by atoms with Crippen LogP contribution in [0.4, 0.5) is 5.69 Å². The molecule has 0 amide bonds. The molecule has 0 aromatic heterocycles. The van der Waals surface area contributed by atoms with Gasteiger partial charge in [0.2, 0.25) is 0 Å². The summed E-state index contributed by atoms with van der Waals surface area (Å²) in [6, 6.07) is 7.64. The fourth-order valence-corrected chi connectivity index (χ4v) is 1.36. The average Bonchev–Trinajstić information content (AvgIpc) is 2.80. The van der Waals surface area contributed by atoms with Crippen LogP contribution in [0.2, 0.25) is 0 Å². The summed E-state index contributed by atoms with van der Waals surface area (Å²) in [4.78, 5) is 4.36. The number of nitrogens with zero attached hydrogens (tertiary/aromatic N) is 1. The molecule has 1 heteroatoms. The molecule has 2 rings (SSSR count). The van der Waals surface area contributed by atoms with Crippen molar-refractivity contribution in [1.29, 1.82) is 0 Å². The van der Waals surface area contributed by atoms with Gasteiger partial charge in [0.05, 0.1) is 5.69 Å². The first-order chi connectivity index (χ1) is 7.38. The molecular formula is C14H11N. The summed E-state index contributed by atoms with van der Waals surface area (Å²) in [6.45, 7) is 0. The van der Waals surface area contributed by atoms with Crippen molar-refractivity contribution < 1.29 is 0 Å². The molecule has 0 bridgehead atoms. The second kappa shape index (κ2) is 4.43. The maximum atomic E-state index is 5.27. The van der Waals surface area contributed by atoms with E-state index >= 15 is 0 Å². The Morgan fingerprint density at radius 1 is 1.27 bits per heavy atom. The highest BCUT2D eigenvalue weighted by Crippen LogP contribution is 2.14. The second-order valence-corrected chi connectivity index (χ2v) is 3.32. The van der Waals surface area contributed by atoms with Crippen molar-refractivity contribution in [3.8, 4) is 12.3 Å². The lowest BCUT2D eigenvalue weighted by Gasteiger charge is -1.94. The predicted molar refractivity (Wildman–Crippen MR) is 64.4 cm³/mol. The minimum absolute atomic E-state index is 0.885. The van der Waals surface area contributed by atoms with Crippen LogP contribution in [0.15, 0.2) is 53.1 Å². The van der Waals surface area contributed by atoms with Gasteiger partial charge in [0.15, 0.2) is 0 Å². The summed E-state index contributed by atoms with van der Waals surface area (Å²) < 4.78 is 0. The molecule has 0 N–H and O–H groups in total. The fraction of sp³-hybridized carbons (Fsp3) is 0.0714. The van der Waals surface area contributed by atoms with Gasteiger partial charge < -0.3 is 0 Å². The average molecular weight is 193 g/mol. The van der Waals surface area contributed by atoms with Gasteiger partial charge in [0.25, 0.3) is 0 Å². The Labute approximate surface area is 89.9 Å². The third kappa shape index (κ3) is 2.45. The molecule has 1 aliphatic rings. The van der Waals surface area contributed by atoms with Crippen LogP contribution in [-0.2, 0) is 0 Å². The number of hydrogen-bond donors (Lipinski definition) is 0. The van der Waals surface area contributed by atoms with Gasteiger partial charge in [-0.2, -0.15) is 0 Å². The van der Waals surface area contributed by atoms with Crippen molar-refractivity contribution in [1.82, 2.24) is 0 Å². The number of rotatable bonds is 2. The zero-order valence-electron chi connectivity index (χ0n) is 8.35. The number of terminal acetylenes is 1. The first kappa shape index (κ1) is 9.48. The van der Waals surface area contributed by atoms with Gasteiger partial charge in [-0.15, -0.1) is 6.42 Å². The largest absolute Gasteiger partial charge is 0.257 e. The van der Waals surface area contributed by atoms with Crippen molar-refractivity contribution in [3.63, 3.8) is 0 Å². The van der Waals surface area contributed by atoms with E-state index in [9.17, 15) is 0 Å². The van der Waals surface area contributed by atoms with Gasteiger partial charge in [0.1, 0.15) is 0 Å². The van der Waals surface area contributed by atoms with Crippen molar-refractivity contribution in [2.24, 2.45) is 4.99 Å². The quantitative estimate of drug-likeness (QED) is 0.505. The molecule has 72 valence electrons. The van der Waals surface area contributed by atoms with E-state index in [1.54, 1.807) is 0 Å². The first-order valence-corrected chi connectivity index (χ1v) is 4.85. The molecule has 1 aromatic carbocycles. The van der Waals surface area contributed by atoms with Crippen molar-refractivity contribution in [2.45, 2.75) is 6.42 Å². The van der Waals surface area contributed by atoms with Gasteiger partial charge in [-0.1, -0.05) is 24.1 Å². The van der Waals surface area contributed by atoms with Crippen LogP contribution in [-0.4, -0.2) is 6.21 Å². The van der Waals surface area contributed by atoms with E-state index in [0.29, 0.717) is 0 Å². The van der Waals surface area contributed by atoms with Crippen LogP contribution < -0.4 is 0 Å². The molecule has 0 spiro atoms. The Kier molecular flexibility index (Phi) is 2.80. The molecule has 1 aromatic rings. The van der Waals surface area contributed by atoms with E-state index < -0.39 is 0 Å². The highest BCUT2D eigenvalue weighted by atomic mass is 14.7. The van der Waals surface area contributed by atoms with Crippen molar-refractivity contribution in [2.75, 3.05) is 0 Å². The molecular weight excluding hydrogens is 182 g/mol. The summed E-state index contributed by atoms with van der Waals surface area (Å²) in [5.41, 5.74) is 3.05. The van der Waals surface area contributed by atoms with Gasteiger partial charge in [0, 0.05) is 11.8 Å². The predicted octanol–water partition coefficient (Wildman–Crippen LogP) is 3.26. The molecule has 1 nitrogen and oxygen atoms in total. The minimum atomic E-state index is 0.885. The smallest absolute Gasteiger partial charge is 0.0630 e. The molecule has 0 heterocycles. The van der Waals surface area contributed by atoms with Crippen LogP contribution in [0.25, 0.3) is 0 Å². The summed E-state index contributed by atoms with van der Waals surface area (Å²) >= 11 is 0. The zero-order chi connectivity index (χ0) is 10.5. The first-order valence-electron chi connectivity index (χ1n) is 4.85. The zero-order valence-corrected chi connectivity index (χ0v) is 8.35. The lowest BCUT2D eigenvalue weighted by molar-refractivity contribution is 1.37. The number of aliphatic imine (C=N–C) groups is 1. The summed E-state index contributed by atoms with van der Waals surface area (Å²) in [6.07, 6.45) is 14.4. The molecule has 15 heavy (non-hydrogen) atoms. The highest BCUT2D eigenvalue weighted by molar-refractivity contribution is 5.82. The van der Waals surface area contributed by atoms with Crippen LogP contribution in [0.5, 0.6) is 0 Å². The maximum absolute atomic E-state index is 5.27. The van der Waals surface area contributed by atoms with E-state index in [4.69, 9.17) is 6.42 Å². The molecule has 0 atom stereocenters. The Hall–Kier alpha value is -2.07. The summed E-state index contributed by atoms with van der Waals surface area (Å²) in [5.74, 6) is 2.58. The molecule has 0 aliphatic heterocycles. The fourth-order valence-electron chi connectivity index (χ4n) is 1.36. The SMILES string of the molecule is C#Cc1ccc(N=CC2=CC=CC2)cc1. The minimum Gasteiger partial charge on any atom is -0.257 e. The van der Waals surface area contributed by atoms with Gasteiger partial charge in [-0.3, -0.25) is 4.99 Å². The molecule has 0 saturated carbocycles. The summed E-state index contributed by atoms with van der Waals surface area (Å²) in [7, 11) is 0. The van der Waals surface area contributed by atoms with E-state index in [1.807, 2.05) is 36.6 Å². The van der Waals surface area contributed by atoms with E-state index in [0.717, 1.165) is 17.7 Å². The van der Waals surface area contributed by atoms with Crippen LogP contribution >= 0.6 is 0 Å². The van der Waals surface area contributed by atoms with Gasteiger partial charge >= 0.3 is 0 Å². The normalized spacial score (nSPS) is 14.2. The number of benzene rings is 1. The Morgan fingerprint density at radius 3 is 2.67 bits per heavy atom. The van der Waals surface area contributed by atoms with E-state index in [1.165, 1.54) is 5.57 Å². The monoisotopic (exact) mass is 193 g/mol. The van der Waals surface area contributed by atoms with E-state index in [-0.39, 0.29) is 0 Å². The second-order valence-electron chi connectivity index (χ2n) is 3.32. The number of allylic oxidation sites excluding steroid dienone is 4. The third-order valence-corrected chi connectivity index (χ3v) is 2.21. The molecule has 0 fully saturated rings.